The Morgan fingerprint density at radius 1 is 1.37 bits per heavy atom. The topological polar surface area (TPSA) is 42.5 Å². The molecular formula is C15H21N3O. The molecule has 1 aliphatic rings. The van der Waals surface area contributed by atoms with Crippen molar-refractivity contribution < 1.29 is 5.21 Å². The van der Waals surface area contributed by atoms with Crippen LogP contribution in [0.4, 0.5) is 5.69 Å². The molecule has 0 radical (unpaired) electrons. The molecule has 0 bridgehead atoms. The molecule has 0 saturated carbocycles. The Morgan fingerprint density at radius 3 is 3.05 bits per heavy atom. The number of rotatable bonds is 2. The molecule has 1 saturated heterocycles. The Hall–Kier alpha value is -1.52. The molecule has 1 fully saturated rings. The zero-order valence-corrected chi connectivity index (χ0v) is 11.5. The number of nitrogens with zero attached hydrogens (tertiary/aromatic N) is 2. The smallest absolute Gasteiger partial charge is 0.0474 e. The lowest BCUT2D eigenvalue weighted by molar-refractivity contribution is -0.116. The summed E-state index contributed by atoms with van der Waals surface area (Å²) in [5.74, 6) is 0.586. The maximum absolute atomic E-state index is 9.77. The number of nitrogens with one attached hydrogen (secondary N) is 1. The number of hydrogen-bond donors (Lipinski definition) is 2. The number of piperidine rings is 1. The fourth-order valence-electron chi connectivity index (χ4n) is 3.09. The summed E-state index contributed by atoms with van der Waals surface area (Å²) in [6.07, 6.45) is 3.01. The van der Waals surface area contributed by atoms with E-state index in [4.69, 9.17) is 0 Å². The SMILES string of the molecule is C[C@H]1CCN(O)C[C@H]1N(C)c1cccc2[nH]ccc12. The van der Waals surface area contributed by atoms with Crippen molar-refractivity contribution in [1.29, 1.82) is 0 Å². The highest BCUT2D eigenvalue weighted by atomic mass is 16.5. The van der Waals surface area contributed by atoms with E-state index in [1.165, 1.54) is 16.1 Å². The van der Waals surface area contributed by atoms with Crippen LogP contribution in [0.1, 0.15) is 13.3 Å². The van der Waals surface area contributed by atoms with Gasteiger partial charge in [0.05, 0.1) is 0 Å². The highest BCUT2D eigenvalue weighted by Crippen LogP contribution is 2.30. The summed E-state index contributed by atoms with van der Waals surface area (Å²) in [5, 5.41) is 12.5. The molecule has 4 nitrogen and oxygen atoms in total. The van der Waals surface area contributed by atoms with Crippen LogP contribution < -0.4 is 4.90 Å². The highest BCUT2D eigenvalue weighted by molar-refractivity contribution is 5.92. The van der Waals surface area contributed by atoms with Gasteiger partial charge in [-0.3, -0.25) is 0 Å². The number of hydrogen-bond acceptors (Lipinski definition) is 3. The Bertz CT molecular complexity index is 565. The predicted molar refractivity (Wildman–Crippen MR) is 77.6 cm³/mol. The summed E-state index contributed by atoms with van der Waals surface area (Å²) in [5.41, 5.74) is 2.39. The van der Waals surface area contributed by atoms with Crippen LogP contribution >= 0.6 is 0 Å². The maximum Gasteiger partial charge on any atom is 0.0474 e. The first-order valence-electron chi connectivity index (χ1n) is 6.89. The van der Waals surface area contributed by atoms with Crippen LogP contribution in [-0.2, 0) is 0 Å². The quantitative estimate of drug-likeness (QED) is 0.871. The van der Waals surface area contributed by atoms with Crippen molar-refractivity contribution >= 4 is 16.6 Å². The number of H-pyrrole nitrogens is 1. The van der Waals surface area contributed by atoms with Gasteiger partial charge in [-0.15, -0.1) is 0 Å². The average molecular weight is 259 g/mol. The molecule has 0 aliphatic carbocycles. The Morgan fingerprint density at radius 2 is 2.21 bits per heavy atom. The lowest BCUT2D eigenvalue weighted by Gasteiger charge is -2.40. The van der Waals surface area contributed by atoms with Gasteiger partial charge in [-0.25, -0.2) is 0 Å². The minimum Gasteiger partial charge on any atom is -0.369 e. The highest BCUT2D eigenvalue weighted by Gasteiger charge is 2.29. The van der Waals surface area contributed by atoms with Crippen LogP contribution in [0.3, 0.4) is 0 Å². The lowest BCUT2D eigenvalue weighted by Crippen LogP contribution is -2.49. The first-order chi connectivity index (χ1) is 9.16. The van der Waals surface area contributed by atoms with Gasteiger partial charge in [-0.1, -0.05) is 13.0 Å². The van der Waals surface area contributed by atoms with Crippen molar-refractivity contribution in [3.63, 3.8) is 0 Å². The molecule has 102 valence electrons. The molecular weight excluding hydrogens is 238 g/mol. The summed E-state index contributed by atoms with van der Waals surface area (Å²) in [7, 11) is 2.13. The van der Waals surface area contributed by atoms with Crippen LogP contribution in [0, 0.1) is 5.92 Å². The normalized spacial score (nSPS) is 24.8. The summed E-state index contributed by atoms with van der Waals surface area (Å²) in [6, 6.07) is 8.79. The molecule has 0 spiro atoms. The van der Waals surface area contributed by atoms with E-state index in [2.05, 4.69) is 48.1 Å². The molecule has 2 aromatic rings. The third-order valence-electron chi connectivity index (χ3n) is 4.35. The summed E-state index contributed by atoms with van der Waals surface area (Å²) >= 11 is 0. The molecule has 2 heterocycles. The third-order valence-corrected chi connectivity index (χ3v) is 4.35. The number of hydroxylamine groups is 2. The molecule has 2 N–H and O–H groups in total. The molecule has 3 rings (SSSR count). The molecule has 0 unspecified atom stereocenters. The minimum atomic E-state index is 0.347. The van der Waals surface area contributed by atoms with Gasteiger partial charge in [0, 0.05) is 49.0 Å². The van der Waals surface area contributed by atoms with Crippen LogP contribution in [0.2, 0.25) is 0 Å². The van der Waals surface area contributed by atoms with E-state index in [-0.39, 0.29) is 0 Å². The van der Waals surface area contributed by atoms with E-state index in [9.17, 15) is 5.21 Å². The standard InChI is InChI=1S/C15H21N3O/c1-11-7-9-18(19)10-15(11)17(2)14-5-3-4-13-12(14)6-8-16-13/h3-6,8,11,15-16,19H,7,9-10H2,1-2H3/t11-,15+/m0/s1. The second-order valence-electron chi connectivity index (χ2n) is 5.57. The molecule has 1 aliphatic heterocycles. The molecule has 4 heteroatoms. The van der Waals surface area contributed by atoms with Crippen molar-refractivity contribution in [1.82, 2.24) is 10.0 Å². The van der Waals surface area contributed by atoms with Crippen LogP contribution in [0.15, 0.2) is 30.5 Å². The van der Waals surface area contributed by atoms with Gasteiger partial charge in [0.2, 0.25) is 0 Å². The van der Waals surface area contributed by atoms with Crippen LogP contribution in [0.25, 0.3) is 10.9 Å². The summed E-state index contributed by atoms with van der Waals surface area (Å²) in [4.78, 5) is 5.56. The van der Waals surface area contributed by atoms with Gasteiger partial charge in [0.1, 0.15) is 0 Å². The molecule has 1 aromatic carbocycles. The first-order valence-corrected chi connectivity index (χ1v) is 6.89. The van der Waals surface area contributed by atoms with Gasteiger partial charge in [0.15, 0.2) is 0 Å². The van der Waals surface area contributed by atoms with Crippen molar-refractivity contribution in [2.24, 2.45) is 5.92 Å². The van der Waals surface area contributed by atoms with Gasteiger partial charge in [-0.2, -0.15) is 5.06 Å². The molecule has 2 atom stereocenters. The van der Waals surface area contributed by atoms with Crippen molar-refractivity contribution in [3.05, 3.63) is 30.5 Å². The zero-order valence-electron chi connectivity index (χ0n) is 11.5. The van der Waals surface area contributed by atoms with E-state index in [0.717, 1.165) is 18.5 Å². The van der Waals surface area contributed by atoms with Crippen molar-refractivity contribution in [3.8, 4) is 0 Å². The number of fused-ring (bicyclic) bond motifs is 1. The second kappa shape index (κ2) is 4.87. The van der Waals surface area contributed by atoms with E-state index < -0.39 is 0 Å². The average Bonchev–Trinajstić information content (AvgIpc) is 2.89. The van der Waals surface area contributed by atoms with Gasteiger partial charge >= 0.3 is 0 Å². The second-order valence-corrected chi connectivity index (χ2v) is 5.57. The largest absolute Gasteiger partial charge is 0.369 e. The Balaban J connectivity index is 1.94. The van der Waals surface area contributed by atoms with Gasteiger partial charge in [0.25, 0.3) is 0 Å². The fourth-order valence-corrected chi connectivity index (χ4v) is 3.09. The predicted octanol–water partition coefficient (Wildman–Crippen LogP) is 2.70. The third kappa shape index (κ3) is 2.22. The zero-order chi connectivity index (χ0) is 13.4. The van der Waals surface area contributed by atoms with E-state index in [1.54, 1.807) is 0 Å². The van der Waals surface area contributed by atoms with E-state index >= 15 is 0 Å². The van der Waals surface area contributed by atoms with Crippen molar-refractivity contribution in [2.45, 2.75) is 19.4 Å². The molecule has 19 heavy (non-hydrogen) atoms. The number of benzene rings is 1. The lowest BCUT2D eigenvalue weighted by atomic mass is 9.93. The fraction of sp³-hybridized carbons (Fsp3) is 0.467. The number of aromatic amines is 1. The number of likely N-dealkylation sites (N-methyl/N-ethyl adjacent to an activating group) is 1. The minimum absolute atomic E-state index is 0.347. The number of aromatic nitrogens is 1. The van der Waals surface area contributed by atoms with E-state index in [1.807, 2.05) is 6.20 Å². The maximum atomic E-state index is 9.77. The summed E-state index contributed by atoms with van der Waals surface area (Å²) < 4.78 is 0. The molecule has 0 amide bonds. The Labute approximate surface area is 113 Å². The van der Waals surface area contributed by atoms with Crippen LogP contribution in [0.5, 0.6) is 0 Å². The Kier molecular flexibility index (Phi) is 3.21. The molecule has 1 aromatic heterocycles. The number of anilines is 1. The monoisotopic (exact) mass is 259 g/mol. The van der Waals surface area contributed by atoms with Gasteiger partial charge < -0.3 is 15.1 Å². The van der Waals surface area contributed by atoms with Gasteiger partial charge in [-0.05, 0) is 30.5 Å². The van der Waals surface area contributed by atoms with E-state index in [0.29, 0.717) is 18.5 Å². The first kappa shape index (κ1) is 12.5. The van der Waals surface area contributed by atoms with Crippen LogP contribution in [-0.4, -0.2) is 41.4 Å². The van der Waals surface area contributed by atoms with Crippen molar-refractivity contribution in [2.75, 3.05) is 25.0 Å². The summed E-state index contributed by atoms with van der Waals surface area (Å²) in [6.45, 7) is 3.75.